The first-order valence-corrected chi connectivity index (χ1v) is 6.54. The second-order valence-electron chi connectivity index (χ2n) is 4.40. The van der Waals surface area contributed by atoms with Gasteiger partial charge in [-0.2, -0.15) is 0 Å². The van der Waals surface area contributed by atoms with Crippen molar-refractivity contribution < 1.29 is 18.3 Å². The van der Waals surface area contributed by atoms with Crippen molar-refractivity contribution in [3.8, 4) is 5.75 Å². The summed E-state index contributed by atoms with van der Waals surface area (Å²) in [7, 11) is 0. The van der Waals surface area contributed by atoms with Crippen molar-refractivity contribution in [1.29, 1.82) is 0 Å². The average molecular weight is 291 g/mol. The lowest BCUT2D eigenvalue weighted by Gasteiger charge is -2.08. The Bertz CT molecular complexity index is 617. The van der Waals surface area contributed by atoms with E-state index >= 15 is 0 Å². The molecule has 5 heteroatoms. The Labute approximate surface area is 121 Å². The fourth-order valence-electron chi connectivity index (χ4n) is 1.79. The van der Waals surface area contributed by atoms with Gasteiger partial charge in [-0.25, -0.2) is 8.78 Å². The highest BCUT2D eigenvalue weighted by Crippen LogP contribution is 2.14. The van der Waals surface area contributed by atoms with E-state index in [2.05, 4.69) is 5.32 Å². The molecule has 0 saturated heterocycles. The number of ether oxygens (including phenoxy) is 1. The minimum absolute atomic E-state index is 0.0353. The van der Waals surface area contributed by atoms with Crippen molar-refractivity contribution in [3.63, 3.8) is 0 Å². The number of halogens is 2. The minimum Gasteiger partial charge on any atom is -0.489 e. The van der Waals surface area contributed by atoms with E-state index in [1.807, 2.05) is 0 Å². The zero-order valence-electron chi connectivity index (χ0n) is 11.3. The van der Waals surface area contributed by atoms with Crippen molar-refractivity contribution in [2.75, 3.05) is 13.2 Å². The Morgan fingerprint density at radius 1 is 1.00 bits per heavy atom. The fraction of sp³-hybridized carbons (Fsp3) is 0.188. The SMILES string of the molecule is O=C(Cc1ccccc1F)NCCOc1ccccc1F. The summed E-state index contributed by atoms with van der Waals surface area (Å²) >= 11 is 0. The number of nitrogens with one attached hydrogen (secondary N) is 1. The molecule has 0 aromatic heterocycles. The van der Waals surface area contributed by atoms with Crippen LogP contribution in [0.25, 0.3) is 0 Å². The highest BCUT2D eigenvalue weighted by molar-refractivity contribution is 5.78. The molecule has 0 bridgehead atoms. The molecule has 2 aromatic rings. The van der Waals surface area contributed by atoms with Gasteiger partial charge in [-0.1, -0.05) is 30.3 Å². The van der Waals surface area contributed by atoms with Gasteiger partial charge in [0, 0.05) is 0 Å². The summed E-state index contributed by atoms with van der Waals surface area (Å²) in [4.78, 5) is 11.6. The van der Waals surface area contributed by atoms with Crippen LogP contribution in [0.5, 0.6) is 5.75 Å². The van der Waals surface area contributed by atoms with Crippen LogP contribution in [-0.2, 0) is 11.2 Å². The molecule has 1 N–H and O–H groups in total. The van der Waals surface area contributed by atoms with Crippen LogP contribution < -0.4 is 10.1 Å². The molecule has 2 rings (SSSR count). The molecule has 0 atom stereocenters. The van der Waals surface area contributed by atoms with Crippen LogP contribution in [0.15, 0.2) is 48.5 Å². The molecule has 0 aliphatic rings. The van der Waals surface area contributed by atoms with Crippen molar-refractivity contribution in [2.24, 2.45) is 0 Å². The molecule has 1 amide bonds. The first-order chi connectivity index (χ1) is 10.2. The zero-order valence-corrected chi connectivity index (χ0v) is 11.3. The van der Waals surface area contributed by atoms with E-state index in [0.29, 0.717) is 5.56 Å². The van der Waals surface area contributed by atoms with E-state index in [0.717, 1.165) is 0 Å². The van der Waals surface area contributed by atoms with Gasteiger partial charge in [-0.3, -0.25) is 4.79 Å². The third kappa shape index (κ3) is 4.56. The molecule has 0 aliphatic heterocycles. The lowest BCUT2D eigenvalue weighted by molar-refractivity contribution is -0.120. The summed E-state index contributed by atoms with van der Waals surface area (Å²) in [6.07, 6.45) is -0.0353. The van der Waals surface area contributed by atoms with E-state index in [4.69, 9.17) is 4.74 Å². The number of hydrogen-bond acceptors (Lipinski definition) is 2. The van der Waals surface area contributed by atoms with Gasteiger partial charge in [-0.05, 0) is 23.8 Å². The van der Waals surface area contributed by atoms with Gasteiger partial charge in [-0.15, -0.1) is 0 Å². The smallest absolute Gasteiger partial charge is 0.224 e. The second kappa shape index (κ2) is 7.38. The van der Waals surface area contributed by atoms with Gasteiger partial charge in [0.05, 0.1) is 13.0 Å². The van der Waals surface area contributed by atoms with Crippen LogP contribution in [0.2, 0.25) is 0 Å². The maximum atomic E-state index is 13.4. The highest BCUT2D eigenvalue weighted by Gasteiger charge is 2.07. The lowest BCUT2D eigenvalue weighted by atomic mass is 10.1. The first-order valence-electron chi connectivity index (χ1n) is 6.54. The van der Waals surface area contributed by atoms with Gasteiger partial charge in [0.1, 0.15) is 12.4 Å². The van der Waals surface area contributed by atoms with Gasteiger partial charge in [0.2, 0.25) is 5.91 Å². The molecule has 0 radical (unpaired) electrons. The number of carbonyl (C=O) groups is 1. The maximum Gasteiger partial charge on any atom is 0.224 e. The fourth-order valence-corrected chi connectivity index (χ4v) is 1.79. The molecule has 0 unspecified atom stereocenters. The number of amides is 1. The van der Waals surface area contributed by atoms with Crippen LogP contribution in [0.4, 0.5) is 8.78 Å². The van der Waals surface area contributed by atoms with Crippen molar-refractivity contribution in [2.45, 2.75) is 6.42 Å². The number of hydrogen-bond donors (Lipinski definition) is 1. The molecular formula is C16H15F2NO2. The normalized spacial score (nSPS) is 10.2. The Hall–Kier alpha value is -2.43. The third-order valence-corrected chi connectivity index (χ3v) is 2.83. The summed E-state index contributed by atoms with van der Waals surface area (Å²) in [5, 5.41) is 2.60. The van der Waals surface area contributed by atoms with Crippen LogP contribution in [0, 0.1) is 11.6 Å². The topological polar surface area (TPSA) is 38.3 Å². The summed E-state index contributed by atoms with van der Waals surface area (Å²) < 4.78 is 31.8. The molecule has 110 valence electrons. The quantitative estimate of drug-likeness (QED) is 0.831. The van der Waals surface area contributed by atoms with E-state index in [-0.39, 0.29) is 31.2 Å². The number of benzene rings is 2. The molecule has 3 nitrogen and oxygen atoms in total. The minimum atomic E-state index is -0.449. The molecule has 0 heterocycles. The molecule has 0 saturated carbocycles. The Morgan fingerprint density at radius 3 is 2.38 bits per heavy atom. The van der Waals surface area contributed by atoms with Crippen LogP contribution >= 0.6 is 0 Å². The van der Waals surface area contributed by atoms with Crippen molar-refractivity contribution >= 4 is 5.91 Å². The first kappa shape index (κ1) is 15.0. The molecule has 2 aromatic carbocycles. The van der Waals surface area contributed by atoms with Crippen molar-refractivity contribution in [3.05, 3.63) is 65.7 Å². The Kier molecular flexibility index (Phi) is 5.26. The van der Waals surface area contributed by atoms with Crippen LogP contribution in [0.3, 0.4) is 0 Å². The van der Waals surface area contributed by atoms with E-state index < -0.39 is 11.6 Å². The Balaban J connectivity index is 1.73. The van der Waals surface area contributed by atoms with E-state index in [9.17, 15) is 13.6 Å². The van der Waals surface area contributed by atoms with Crippen LogP contribution in [0.1, 0.15) is 5.56 Å². The lowest BCUT2D eigenvalue weighted by Crippen LogP contribution is -2.29. The third-order valence-electron chi connectivity index (χ3n) is 2.83. The van der Waals surface area contributed by atoms with Gasteiger partial charge in [0.15, 0.2) is 11.6 Å². The van der Waals surface area contributed by atoms with Crippen molar-refractivity contribution in [1.82, 2.24) is 5.32 Å². The predicted molar refractivity (Wildman–Crippen MR) is 75.0 cm³/mol. The zero-order chi connectivity index (χ0) is 15.1. The molecule has 21 heavy (non-hydrogen) atoms. The molecule has 0 fully saturated rings. The number of rotatable bonds is 6. The molecular weight excluding hydrogens is 276 g/mol. The molecule has 0 aliphatic carbocycles. The summed E-state index contributed by atoms with van der Waals surface area (Å²) in [6, 6.07) is 12.1. The number of carbonyl (C=O) groups excluding carboxylic acids is 1. The standard InChI is InChI=1S/C16H15F2NO2/c17-13-6-2-1-5-12(13)11-16(20)19-9-10-21-15-8-4-3-7-14(15)18/h1-8H,9-11H2,(H,19,20). The highest BCUT2D eigenvalue weighted by atomic mass is 19.1. The monoisotopic (exact) mass is 291 g/mol. The Morgan fingerprint density at radius 2 is 1.67 bits per heavy atom. The largest absolute Gasteiger partial charge is 0.489 e. The van der Waals surface area contributed by atoms with Gasteiger partial charge < -0.3 is 10.1 Å². The molecule has 0 spiro atoms. The van der Waals surface area contributed by atoms with E-state index in [1.54, 1.807) is 30.3 Å². The summed E-state index contributed by atoms with van der Waals surface area (Å²) in [5.74, 6) is -1.02. The van der Waals surface area contributed by atoms with Gasteiger partial charge in [0.25, 0.3) is 0 Å². The van der Waals surface area contributed by atoms with E-state index in [1.165, 1.54) is 18.2 Å². The number of para-hydroxylation sites is 1. The second-order valence-corrected chi connectivity index (χ2v) is 4.40. The van der Waals surface area contributed by atoms with Gasteiger partial charge >= 0.3 is 0 Å². The summed E-state index contributed by atoms with van der Waals surface area (Å²) in [6.45, 7) is 0.367. The summed E-state index contributed by atoms with van der Waals surface area (Å²) in [5.41, 5.74) is 0.338. The van der Waals surface area contributed by atoms with Crippen LogP contribution in [-0.4, -0.2) is 19.1 Å². The maximum absolute atomic E-state index is 13.4. The average Bonchev–Trinajstić information content (AvgIpc) is 2.48. The predicted octanol–water partition coefficient (Wildman–Crippen LogP) is 2.70.